The standard InChI is InChI=1S/C22H22FN3OS/c1-2-27-19-10-8-16(9-11-19)21-20-7-4-12-25(20)13-14-26(21)22(28)24-18-6-3-5-17(23)15-18/h3-12,15,21H,2,13-14H2,1H3,(H,24,28)/t21-/m1/s1. The van der Waals surface area contributed by atoms with Gasteiger partial charge in [0.05, 0.1) is 12.6 Å². The summed E-state index contributed by atoms with van der Waals surface area (Å²) in [6.07, 6.45) is 2.09. The van der Waals surface area contributed by atoms with Crippen molar-refractivity contribution in [2.45, 2.75) is 19.5 Å². The van der Waals surface area contributed by atoms with Crippen LogP contribution in [0.25, 0.3) is 0 Å². The third kappa shape index (κ3) is 3.73. The Labute approximate surface area is 169 Å². The minimum absolute atomic E-state index is 0.0204. The second-order valence-corrected chi connectivity index (χ2v) is 7.05. The van der Waals surface area contributed by atoms with Gasteiger partial charge in [-0.3, -0.25) is 0 Å². The number of aromatic nitrogens is 1. The highest BCUT2D eigenvalue weighted by Gasteiger charge is 2.30. The predicted octanol–water partition coefficient (Wildman–Crippen LogP) is 4.83. The molecule has 28 heavy (non-hydrogen) atoms. The van der Waals surface area contributed by atoms with Crippen LogP contribution in [-0.4, -0.2) is 27.7 Å². The van der Waals surface area contributed by atoms with E-state index in [1.165, 1.54) is 17.8 Å². The number of rotatable bonds is 4. The van der Waals surface area contributed by atoms with Crippen LogP contribution >= 0.6 is 12.2 Å². The van der Waals surface area contributed by atoms with Gasteiger partial charge in [0.25, 0.3) is 0 Å². The van der Waals surface area contributed by atoms with Crippen molar-refractivity contribution in [1.29, 1.82) is 0 Å². The summed E-state index contributed by atoms with van der Waals surface area (Å²) in [5, 5.41) is 3.77. The lowest BCUT2D eigenvalue weighted by Crippen LogP contribution is -2.44. The summed E-state index contributed by atoms with van der Waals surface area (Å²) in [6, 6.07) is 18.7. The van der Waals surface area contributed by atoms with E-state index in [1.54, 1.807) is 6.07 Å². The average Bonchev–Trinajstić information content (AvgIpc) is 3.17. The van der Waals surface area contributed by atoms with Crippen molar-refractivity contribution in [2.75, 3.05) is 18.5 Å². The van der Waals surface area contributed by atoms with Crippen LogP contribution in [0.4, 0.5) is 10.1 Å². The highest BCUT2D eigenvalue weighted by molar-refractivity contribution is 7.80. The molecule has 0 saturated heterocycles. The van der Waals surface area contributed by atoms with E-state index in [1.807, 2.05) is 25.1 Å². The molecule has 2 heterocycles. The number of anilines is 1. The first-order valence-corrected chi connectivity index (χ1v) is 9.77. The van der Waals surface area contributed by atoms with Crippen LogP contribution in [-0.2, 0) is 6.54 Å². The predicted molar refractivity (Wildman–Crippen MR) is 113 cm³/mol. The van der Waals surface area contributed by atoms with Gasteiger partial charge in [-0.25, -0.2) is 4.39 Å². The Bertz CT molecular complexity index is 970. The summed E-state index contributed by atoms with van der Waals surface area (Å²) in [6.45, 7) is 4.22. The Balaban J connectivity index is 1.64. The van der Waals surface area contributed by atoms with Gasteiger partial charge in [0, 0.05) is 30.7 Å². The first kappa shape index (κ1) is 18.5. The highest BCUT2D eigenvalue weighted by Crippen LogP contribution is 2.33. The number of thiocarbonyl (C=S) groups is 1. The molecule has 1 N–H and O–H groups in total. The lowest BCUT2D eigenvalue weighted by Gasteiger charge is -2.39. The van der Waals surface area contributed by atoms with Gasteiger partial charge in [0.1, 0.15) is 11.6 Å². The Morgan fingerprint density at radius 2 is 1.96 bits per heavy atom. The van der Waals surface area contributed by atoms with Gasteiger partial charge in [-0.15, -0.1) is 0 Å². The number of hydrogen-bond donors (Lipinski definition) is 1. The molecule has 0 aliphatic carbocycles. The SMILES string of the molecule is CCOc1ccc([C@@H]2c3cccn3CCN2C(=S)Nc2cccc(F)c2)cc1. The molecule has 1 aromatic heterocycles. The topological polar surface area (TPSA) is 29.4 Å². The van der Waals surface area contributed by atoms with E-state index < -0.39 is 0 Å². The van der Waals surface area contributed by atoms with E-state index >= 15 is 0 Å². The molecule has 0 radical (unpaired) electrons. The van der Waals surface area contributed by atoms with E-state index in [-0.39, 0.29) is 11.9 Å². The molecule has 4 nitrogen and oxygen atoms in total. The van der Waals surface area contributed by atoms with Crippen molar-refractivity contribution in [3.63, 3.8) is 0 Å². The molecule has 1 atom stereocenters. The average molecular weight is 396 g/mol. The Kier molecular flexibility index (Phi) is 5.30. The van der Waals surface area contributed by atoms with Crippen LogP contribution in [0.5, 0.6) is 5.75 Å². The first-order chi connectivity index (χ1) is 13.7. The smallest absolute Gasteiger partial charge is 0.174 e. The number of fused-ring (bicyclic) bond motifs is 1. The van der Waals surface area contributed by atoms with E-state index in [0.29, 0.717) is 17.4 Å². The molecule has 0 bridgehead atoms. The first-order valence-electron chi connectivity index (χ1n) is 9.36. The summed E-state index contributed by atoms with van der Waals surface area (Å²) in [5.41, 5.74) is 2.96. The van der Waals surface area contributed by atoms with Crippen LogP contribution in [0.15, 0.2) is 66.9 Å². The van der Waals surface area contributed by atoms with Gasteiger partial charge in [0.2, 0.25) is 0 Å². The number of benzene rings is 2. The third-order valence-electron chi connectivity index (χ3n) is 4.88. The molecule has 0 saturated carbocycles. The van der Waals surface area contributed by atoms with Crippen molar-refractivity contribution >= 4 is 23.0 Å². The van der Waals surface area contributed by atoms with E-state index in [4.69, 9.17) is 17.0 Å². The van der Waals surface area contributed by atoms with Crippen LogP contribution in [0.1, 0.15) is 24.2 Å². The molecule has 6 heteroatoms. The maximum Gasteiger partial charge on any atom is 0.174 e. The van der Waals surface area contributed by atoms with Crippen molar-refractivity contribution in [3.05, 3.63) is 83.9 Å². The molecular formula is C22H22FN3OS. The van der Waals surface area contributed by atoms with Gasteiger partial charge < -0.3 is 19.5 Å². The number of nitrogens with one attached hydrogen (secondary N) is 1. The summed E-state index contributed by atoms with van der Waals surface area (Å²) in [7, 11) is 0. The van der Waals surface area contributed by atoms with Crippen LogP contribution < -0.4 is 10.1 Å². The monoisotopic (exact) mass is 395 g/mol. The Hall–Kier alpha value is -2.86. The molecule has 0 unspecified atom stereocenters. The highest BCUT2D eigenvalue weighted by atomic mass is 32.1. The second kappa shape index (κ2) is 8.02. The summed E-state index contributed by atoms with van der Waals surface area (Å²) < 4.78 is 21.4. The van der Waals surface area contributed by atoms with Gasteiger partial charge in [-0.1, -0.05) is 18.2 Å². The van der Waals surface area contributed by atoms with Crippen molar-refractivity contribution < 1.29 is 9.13 Å². The zero-order chi connectivity index (χ0) is 19.5. The van der Waals surface area contributed by atoms with Crippen molar-refractivity contribution in [3.8, 4) is 5.75 Å². The normalized spacial score (nSPS) is 15.8. The zero-order valence-corrected chi connectivity index (χ0v) is 16.5. The molecule has 0 spiro atoms. The lowest BCUT2D eigenvalue weighted by molar-refractivity contribution is 0.293. The van der Waals surface area contributed by atoms with Crippen LogP contribution in [0, 0.1) is 5.82 Å². The molecule has 144 valence electrons. The zero-order valence-electron chi connectivity index (χ0n) is 15.6. The molecular weight excluding hydrogens is 373 g/mol. The Morgan fingerprint density at radius 3 is 2.71 bits per heavy atom. The number of hydrogen-bond acceptors (Lipinski definition) is 2. The summed E-state index contributed by atoms with van der Waals surface area (Å²) in [4.78, 5) is 2.16. The lowest BCUT2D eigenvalue weighted by atomic mass is 10.00. The number of nitrogens with zero attached hydrogens (tertiary/aromatic N) is 2. The maximum atomic E-state index is 13.5. The third-order valence-corrected chi connectivity index (χ3v) is 5.22. The largest absolute Gasteiger partial charge is 0.494 e. The summed E-state index contributed by atoms with van der Waals surface area (Å²) in [5.74, 6) is 0.563. The van der Waals surface area contributed by atoms with Gasteiger partial charge >= 0.3 is 0 Å². The van der Waals surface area contributed by atoms with E-state index in [0.717, 1.165) is 24.4 Å². The minimum Gasteiger partial charge on any atom is -0.494 e. The number of halogens is 1. The maximum absolute atomic E-state index is 13.5. The van der Waals surface area contributed by atoms with Crippen LogP contribution in [0.3, 0.4) is 0 Å². The van der Waals surface area contributed by atoms with Crippen molar-refractivity contribution in [1.82, 2.24) is 9.47 Å². The van der Waals surface area contributed by atoms with Gasteiger partial charge in [-0.05, 0) is 67.2 Å². The molecule has 2 aromatic carbocycles. The molecule has 3 aromatic rings. The fraction of sp³-hybridized carbons (Fsp3) is 0.227. The molecule has 4 rings (SSSR count). The second-order valence-electron chi connectivity index (χ2n) is 6.66. The number of ether oxygens (including phenoxy) is 1. The van der Waals surface area contributed by atoms with E-state index in [2.05, 4.69) is 45.2 Å². The molecule has 1 aliphatic heterocycles. The van der Waals surface area contributed by atoms with E-state index in [9.17, 15) is 4.39 Å². The minimum atomic E-state index is -0.289. The Morgan fingerprint density at radius 1 is 1.14 bits per heavy atom. The quantitative estimate of drug-likeness (QED) is 0.641. The van der Waals surface area contributed by atoms with Gasteiger partial charge in [-0.2, -0.15) is 0 Å². The molecule has 1 aliphatic rings. The van der Waals surface area contributed by atoms with Gasteiger partial charge in [0.15, 0.2) is 5.11 Å². The molecule has 0 fully saturated rings. The van der Waals surface area contributed by atoms with Crippen molar-refractivity contribution in [2.24, 2.45) is 0 Å². The fourth-order valence-electron chi connectivity index (χ4n) is 3.63. The molecule has 0 amide bonds. The fourth-order valence-corrected chi connectivity index (χ4v) is 3.94. The van der Waals surface area contributed by atoms with Crippen LogP contribution in [0.2, 0.25) is 0 Å². The summed E-state index contributed by atoms with van der Waals surface area (Å²) >= 11 is 5.71.